The van der Waals surface area contributed by atoms with Crippen LogP contribution in [0, 0.1) is 13.8 Å². The minimum absolute atomic E-state index is 0.286. The van der Waals surface area contributed by atoms with Crippen molar-refractivity contribution >= 4 is 23.6 Å². The Bertz CT molecular complexity index is 1010. The van der Waals surface area contributed by atoms with Gasteiger partial charge >= 0.3 is 6.09 Å². The van der Waals surface area contributed by atoms with Crippen molar-refractivity contribution in [3.8, 4) is 5.75 Å². The van der Waals surface area contributed by atoms with Crippen LogP contribution in [-0.2, 0) is 14.3 Å². The van der Waals surface area contributed by atoms with Gasteiger partial charge in [0, 0.05) is 12.2 Å². The van der Waals surface area contributed by atoms with Gasteiger partial charge in [0.25, 0.3) is 5.91 Å². The fourth-order valence-electron chi connectivity index (χ4n) is 3.73. The van der Waals surface area contributed by atoms with Crippen LogP contribution in [0.15, 0.2) is 42.5 Å². The number of alkyl carbamates (subject to hydrolysis) is 1. The number of nitrogens with one attached hydrogen (secondary N) is 2. The third kappa shape index (κ3) is 8.63. The van der Waals surface area contributed by atoms with Crippen LogP contribution in [0.3, 0.4) is 0 Å². The van der Waals surface area contributed by atoms with Crippen molar-refractivity contribution in [1.29, 1.82) is 0 Å². The summed E-state index contributed by atoms with van der Waals surface area (Å²) < 4.78 is 10.4. The smallest absolute Gasteiger partial charge is 0.408 e. The average Bonchev–Trinajstić information content (AvgIpc) is 2.76. The van der Waals surface area contributed by atoms with Crippen molar-refractivity contribution in [2.45, 2.75) is 59.6 Å². The summed E-state index contributed by atoms with van der Waals surface area (Å²) in [7, 11) is 1.57. The van der Waals surface area contributed by atoms with E-state index in [2.05, 4.69) is 10.6 Å². The molecule has 0 spiro atoms. The minimum Gasteiger partial charge on any atom is -0.497 e. The van der Waals surface area contributed by atoms with Crippen LogP contribution in [0.2, 0.25) is 0 Å². The van der Waals surface area contributed by atoms with E-state index in [-0.39, 0.29) is 18.4 Å². The molecule has 0 saturated carbocycles. The second kappa shape index (κ2) is 12.2. The Labute approximate surface area is 208 Å². The van der Waals surface area contributed by atoms with Crippen molar-refractivity contribution in [3.63, 3.8) is 0 Å². The summed E-state index contributed by atoms with van der Waals surface area (Å²) in [5, 5.41) is 5.43. The van der Waals surface area contributed by atoms with Gasteiger partial charge in [0.2, 0.25) is 5.91 Å². The quantitative estimate of drug-likeness (QED) is 0.536. The van der Waals surface area contributed by atoms with Crippen molar-refractivity contribution < 1.29 is 23.9 Å². The number of amides is 3. The lowest BCUT2D eigenvalue weighted by atomic mass is 9.98. The summed E-state index contributed by atoms with van der Waals surface area (Å²) in [6.07, 6.45) is -0.0529. The predicted octanol–water partition coefficient (Wildman–Crippen LogP) is 4.76. The van der Waals surface area contributed by atoms with Gasteiger partial charge in [-0.1, -0.05) is 36.2 Å². The van der Waals surface area contributed by atoms with Crippen molar-refractivity contribution in [2.75, 3.05) is 25.5 Å². The van der Waals surface area contributed by atoms with E-state index in [1.54, 1.807) is 52.1 Å². The van der Waals surface area contributed by atoms with E-state index >= 15 is 0 Å². The van der Waals surface area contributed by atoms with Gasteiger partial charge in [0.15, 0.2) is 0 Å². The first-order chi connectivity index (χ1) is 16.4. The minimum atomic E-state index is -0.886. The van der Waals surface area contributed by atoms with E-state index in [0.717, 1.165) is 11.1 Å². The standard InChI is InChI=1S/C27H37N3O5/c1-8-13-30(23(31)17-28-26(33)35-27(4,5)6)24(20-15-18(2)14-19(3)16-20)25(32)29-21-9-11-22(34-7)12-10-21/h9-12,14-16,24H,8,13,17H2,1-7H3,(H,28,33)(H,29,32). The lowest BCUT2D eigenvalue weighted by molar-refractivity contribution is -0.138. The highest BCUT2D eigenvalue weighted by Crippen LogP contribution is 2.26. The van der Waals surface area contributed by atoms with E-state index in [4.69, 9.17) is 9.47 Å². The van der Waals surface area contributed by atoms with Gasteiger partial charge in [-0.15, -0.1) is 0 Å². The van der Waals surface area contributed by atoms with Gasteiger partial charge in [0.1, 0.15) is 23.9 Å². The summed E-state index contributed by atoms with van der Waals surface area (Å²) >= 11 is 0. The maximum absolute atomic E-state index is 13.6. The largest absolute Gasteiger partial charge is 0.497 e. The normalized spacial score (nSPS) is 11.9. The summed E-state index contributed by atoms with van der Waals surface area (Å²) in [5.74, 6) is -0.0594. The Kier molecular flexibility index (Phi) is 9.68. The molecule has 190 valence electrons. The van der Waals surface area contributed by atoms with Crippen LogP contribution in [0.5, 0.6) is 5.75 Å². The fraction of sp³-hybridized carbons (Fsp3) is 0.444. The second-order valence-corrected chi connectivity index (χ2v) is 9.48. The first-order valence-corrected chi connectivity index (χ1v) is 11.7. The van der Waals surface area contributed by atoms with E-state index in [0.29, 0.717) is 30.0 Å². The lowest BCUT2D eigenvalue weighted by Gasteiger charge is -2.32. The third-order valence-corrected chi connectivity index (χ3v) is 5.05. The van der Waals surface area contributed by atoms with Crippen molar-refractivity contribution in [2.24, 2.45) is 0 Å². The number of methoxy groups -OCH3 is 1. The van der Waals surface area contributed by atoms with E-state index in [1.807, 2.05) is 39.0 Å². The molecule has 3 amide bonds. The fourth-order valence-corrected chi connectivity index (χ4v) is 3.73. The number of benzene rings is 2. The van der Waals surface area contributed by atoms with Crippen LogP contribution < -0.4 is 15.4 Å². The van der Waals surface area contributed by atoms with Crippen LogP contribution in [0.1, 0.15) is 56.8 Å². The molecular weight excluding hydrogens is 446 g/mol. The molecule has 1 atom stereocenters. The van der Waals surface area contributed by atoms with Gasteiger partial charge in [-0.25, -0.2) is 4.79 Å². The third-order valence-electron chi connectivity index (χ3n) is 5.05. The molecule has 2 rings (SSSR count). The molecule has 8 nitrogen and oxygen atoms in total. The first kappa shape index (κ1) is 27.7. The summed E-state index contributed by atoms with van der Waals surface area (Å²) in [6.45, 7) is 11.1. The number of nitrogens with zero attached hydrogens (tertiary/aromatic N) is 1. The molecular formula is C27H37N3O5. The number of hydrogen-bond acceptors (Lipinski definition) is 5. The predicted molar refractivity (Wildman–Crippen MR) is 137 cm³/mol. The number of anilines is 1. The molecule has 1 unspecified atom stereocenters. The molecule has 2 aromatic rings. The van der Waals surface area contributed by atoms with Gasteiger partial charge in [-0.2, -0.15) is 0 Å². The molecule has 35 heavy (non-hydrogen) atoms. The summed E-state index contributed by atoms with van der Waals surface area (Å²) in [6, 6.07) is 11.9. The summed E-state index contributed by atoms with van der Waals surface area (Å²) in [5.41, 5.74) is 2.57. The highest BCUT2D eigenvalue weighted by Gasteiger charge is 2.32. The molecule has 0 fully saturated rings. The van der Waals surface area contributed by atoms with Crippen LogP contribution in [0.4, 0.5) is 10.5 Å². The van der Waals surface area contributed by atoms with Crippen molar-refractivity contribution in [3.05, 3.63) is 59.2 Å². The molecule has 8 heteroatoms. The Morgan fingerprint density at radius 3 is 2.11 bits per heavy atom. The van der Waals surface area contributed by atoms with Crippen LogP contribution >= 0.6 is 0 Å². The van der Waals surface area contributed by atoms with Gasteiger partial charge < -0.3 is 25.0 Å². The molecule has 0 aromatic heterocycles. The molecule has 2 aromatic carbocycles. The molecule has 0 radical (unpaired) electrons. The van der Waals surface area contributed by atoms with E-state index < -0.39 is 17.7 Å². The number of hydrogen-bond donors (Lipinski definition) is 2. The number of aryl methyl sites for hydroxylation is 2. The Morgan fingerprint density at radius 1 is 1.00 bits per heavy atom. The number of rotatable bonds is 9. The maximum atomic E-state index is 13.6. The number of carbonyl (C=O) groups is 3. The Morgan fingerprint density at radius 2 is 1.60 bits per heavy atom. The van der Waals surface area contributed by atoms with Crippen LogP contribution in [0.25, 0.3) is 0 Å². The average molecular weight is 484 g/mol. The highest BCUT2D eigenvalue weighted by molar-refractivity contribution is 5.98. The molecule has 0 aliphatic rings. The molecule has 0 heterocycles. The van der Waals surface area contributed by atoms with Gasteiger partial charge in [0.05, 0.1) is 7.11 Å². The van der Waals surface area contributed by atoms with Gasteiger partial charge in [-0.05, 0) is 70.9 Å². The zero-order valence-corrected chi connectivity index (χ0v) is 21.7. The van der Waals surface area contributed by atoms with Gasteiger partial charge in [-0.3, -0.25) is 9.59 Å². The van der Waals surface area contributed by atoms with E-state index in [9.17, 15) is 14.4 Å². The SMILES string of the molecule is CCCN(C(=O)CNC(=O)OC(C)(C)C)C(C(=O)Nc1ccc(OC)cc1)c1cc(C)cc(C)c1. The highest BCUT2D eigenvalue weighted by atomic mass is 16.6. The lowest BCUT2D eigenvalue weighted by Crippen LogP contribution is -2.46. The molecule has 0 aliphatic carbocycles. The molecule has 0 bridgehead atoms. The van der Waals surface area contributed by atoms with Crippen molar-refractivity contribution in [1.82, 2.24) is 10.2 Å². The second-order valence-electron chi connectivity index (χ2n) is 9.48. The Balaban J connectivity index is 2.35. The summed E-state index contributed by atoms with van der Waals surface area (Å²) in [4.78, 5) is 40.5. The first-order valence-electron chi connectivity index (χ1n) is 11.7. The molecule has 2 N–H and O–H groups in total. The molecule has 0 saturated heterocycles. The van der Waals surface area contributed by atoms with E-state index in [1.165, 1.54) is 4.90 Å². The Hall–Kier alpha value is -3.55. The zero-order valence-electron chi connectivity index (χ0n) is 21.7. The van der Waals surface area contributed by atoms with Crippen LogP contribution in [-0.4, -0.2) is 48.6 Å². The zero-order chi connectivity index (χ0) is 26.2. The number of ether oxygens (including phenoxy) is 2. The monoisotopic (exact) mass is 483 g/mol. The number of carbonyl (C=O) groups excluding carboxylic acids is 3. The maximum Gasteiger partial charge on any atom is 0.408 e. The molecule has 0 aliphatic heterocycles. The topological polar surface area (TPSA) is 97.0 Å².